The molecular weight excluding hydrogens is 344 g/mol. The van der Waals surface area contributed by atoms with E-state index < -0.39 is 0 Å². The summed E-state index contributed by atoms with van der Waals surface area (Å²) in [5.74, 6) is 0.664. The number of hydrogen-bond donors (Lipinski definition) is 4. The summed E-state index contributed by atoms with van der Waals surface area (Å²) in [6, 6.07) is 7.19. The molecule has 0 bridgehead atoms. The van der Waals surface area contributed by atoms with Crippen molar-refractivity contribution < 1.29 is 0 Å². The molecule has 0 unspecified atom stereocenters. The van der Waals surface area contributed by atoms with Crippen molar-refractivity contribution in [3.8, 4) is 12.4 Å². The van der Waals surface area contributed by atoms with Crippen molar-refractivity contribution in [3.63, 3.8) is 0 Å². The fourth-order valence-electron chi connectivity index (χ4n) is 1.93. The molecule has 2 aromatic heterocycles. The van der Waals surface area contributed by atoms with Gasteiger partial charge in [-0.2, -0.15) is 10.5 Å². The summed E-state index contributed by atoms with van der Waals surface area (Å²) >= 11 is 0. The fourth-order valence-corrected chi connectivity index (χ4v) is 1.93. The van der Waals surface area contributed by atoms with Crippen molar-refractivity contribution in [2.24, 2.45) is 9.98 Å². The van der Waals surface area contributed by atoms with Gasteiger partial charge >= 0.3 is 0 Å². The molecule has 0 spiro atoms. The van der Waals surface area contributed by atoms with Crippen molar-refractivity contribution in [1.29, 1.82) is 10.5 Å². The van der Waals surface area contributed by atoms with E-state index in [0.29, 0.717) is 31.4 Å². The zero-order chi connectivity index (χ0) is 19.2. The Morgan fingerprint density at radius 2 is 1.33 bits per heavy atom. The van der Waals surface area contributed by atoms with Gasteiger partial charge in [0, 0.05) is 25.5 Å². The molecule has 0 aliphatic rings. The highest BCUT2D eigenvalue weighted by Gasteiger charge is 2.00. The molecule has 10 heteroatoms. The minimum Gasteiger partial charge on any atom is -0.324 e. The standard InChI is InChI=1S/C17H18N10/c18-12-24-16(26-14-4-1-6-20-10-14)22-8-3-9-23-17(25-13-19)27-15-5-2-7-21-11-15/h1-2,4-7,10-11H,3,8-9H2,(H2,22,24,26)(H2,23,25,27). The largest absolute Gasteiger partial charge is 0.324 e. The molecule has 136 valence electrons. The minimum atomic E-state index is 0.332. The summed E-state index contributed by atoms with van der Waals surface area (Å²) in [6.45, 7) is 0.876. The first-order chi connectivity index (χ1) is 13.3. The number of pyridine rings is 2. The minimum absolute atomic E-state index is 0.332. The van der Waals surface area contributed by atoms with E-state index >= 15 is 0 Å². The van der Waals surface area contributed by atoms with Crippen LogP contribution in [0.5, 0.6) is 0 Å². The first-order valence-electron chi connectivity index (χ1n) is 8.05. The average Bonchev–Trinajstić information content (AvgIpc) is 2.69. The van der Waals surface area contributed by atoms with Crippen LogP contribution >= 0.6 is 0 Å². The lowest BCUT2D eigenvalue weighted by Crippen LogP contribution is -2.27. The van der Waals surface area contributed by atoms with Crippen LogP contribution in [0.4, 0.5) is 11.4 Å². The number of hydrogen-bond acceptors (Lipinski definition) is 6. The molecular formula is C17H18N10. The van der Waals surface area contributed by atoms with E-state index in [1.165, 1.54) is 0 Å². The van der Waals surface area contributed by atoms with Crippen molar-refractivity contribution >= 4 is 23.3 Å². The van der Waals surface area contributed by atoms with E-state index in [-0.39, 0.29) is 0 Å². The topological polar surface area (TPSA) is 146 Å². The lowest BCUT2D eigenvalue weighted by atomic mass is 10.4. The van der Waals surface area contributed by atoms with Gasteiger partial charge in [0.05, 0.1) is 23.8 Å². The summed E-state index contributed by atoms with van der Waals surface area (Å²) in [6.07, 6.45) is 10.9. The zero-order valence-electron chi connectivity index (χ0n) is 14.4. The van der Waals surface area contributed by atoms with Gasteiger partial charge in [0.25, 0.3) is 0 Å². The highest BCUT2D eigenvalue weighted by molar-refractivity contribution is 5.95. The van der Waals surface area contributed by atoms with E-state index in [1.807, 2.05) is 24.5 Å². The SMILES string of the molecule is N#CNC(=NCCCN=C(NC#N)Nc1cccnc1)Nc1cccnc1. The number of anilines is 2. The fraction of sp³-hybridized carbons (Fsp3) is 0.176. The highest BCUT2D eigenvalue weighted by atomic mass is 15.2. The predicted octanol–water partition coefficient (Wildman–Crippen LogP) is 1.24. The third kappa shape index (κ3) is 7.49. The summed E-state index contributed by atoms with van der Waals surface area (Å²) in [7, 11) is 0. The van der Waals surface area contributed by atoms with Crippen molar-refractivity contribution in [3.05, 3.63) is 49.1 Å². The molecule has 0 aromatic carbocycles. The van der Waals surface area contributed by atoms with Gasteiger partial charge < -0.3 is 10.6 Å². The summed E-state index contributed by atoms with van der Waals surface area (Å²) in [5.41, 5.74) is 1.44. The lowest BCUT2D eigenvalue weighted by molar-refractivity contribution is 0.838. The van der Waals surface area contributed by atoms with Gasteiger partial charge in [0.15, 0.2) is 12.4 Å². The Hall–Kier alpha value is -4.18. The molecule has 0 saturated heterocycles. The second-order valence-electron chi connectivity index (χ2n) is 5.02. The number of rotatable bonds is 6. The van der Waals surface area contributed by atoms with E-state index in [4.69, 9.17) is 10.5 Å². The van der Waals surface area contributed by atoms with Crippen LogP contribution in [0, 0.1) is 22.9 Å². The normalized spacial score (nSPS) is 11.0. The van der Waals surface area contributed by atoms with E-state index in [2.05, 4.69) is 41.2 Å². The zero-order valence-corrected chi connectivity index (χ0v) is 14.4. The molecule has 10 nitrogen and oxygen atoms in total. The Morgan fingerprint density at radius 3 is 1.70 bits per heavy atom. The molecule has 2 aromatic rings. The predicted molar refractivity (Wildman–Crippen MR) is 102 cm³/mol. The van der Waals surface area contributed by atoms with Gasteiger partial charge in [-0.25, -0.2) is 0 Å². The first kappa shape index (κ1) is 19.1. The molecule has 0 aliphatic carbocycles. The Bertz CT molecular complexity index is 762. The van der Waals surface area contributed by atoms with Gasteiger partial charge in [-0.05, 0) is 30.7 Å². The Morgan fingerprint density at radius 1 is 0.852 bits per heavy atom. The van der Waals surface area contributed by atoms with Crippen molar-refractivity contribution in [2.75, 3.05) is 23.7 Å². The van der Waals surface area contributed by atoms with Gasteiger partial charge in [-0.15, -0.1) is 0 Å². The van der Waals surface area contributed by atoms with Crippen LogP contribution in [0.15, 0.2) is 59.0 Å². The number of nitrogens with one attached hydrogen (secondary N) is 4. The maximum Gasteiger partial charge on any atom is 0.209 e. The van der Waals surface area contributed by atoms with Crippen molar-refractivity contribution in [2.45, 2.75) is 6.42 Å². The number of aromatic nitrogens is 2. The molecule has 0 fully saturated rings. The third-order valence-corrected chi connectivity index (χ3v) is 3.05. The molecule has 4 N–H and O–H groups in total. The molecule has 0 amide bonds. The molecule has 0 atom stereocenters. The number of guanidine groups is 2. The van der Waals surface area contributed by atoms with E-state index in [9.17, 15) is 0 Å². The van der Waals surface area contributed by atoms with Crippen molar-refractivity contribution in [1.82, 2.24) is 20.6 Å². The number of nitriles is 2. The average molecular weight is 362 g/mol. The molecule has 0 aliphatic heterocycles. The van der Waals surface area contributed by atoms with Gasteiger partial charge in [-0.1, -0.05) is 0 Å². The Kier molecular flexibility index (Phi) is 8.08. The number of nitrogens with zero attached hydrogens (tertiary/aromatic N) is 6. The van der Waals surface area contributed by atoms with E-state index in [0.717, 1.165) is 11.4 Å². The van der Waals surface area contributed by atoms with Crippen LogP contribution in [0.25, 0.3) is 0 Å². The van der Waals surface area contributed by atoms with Crippen LogP contribution in [0.1, 0.15) is 6.42 Å². The summed E-state index contributed by atoms with van der Waals surface area (Å²) in [5, 5.41) is 28.6. The van der Waals surface area contributed by atoms with Gasteiger partial charge in [0.1, 0.15) is 0 Å². The monoisotopic (exact) mass is 362 g/mol. The maximum absolute atomic E-state index is 8.82. The first-order valence-corrected chi connectivity index (χ1v) is 8.05. The highest BCUT2D eigenvalue weighted by Crippen LogP contribution is 2.03. The van der Waals surface area contributed by atoms with Gasteiger partial charge in [-0.3, -0.25) is 30.6 Å². The van der Waals surface area contributed by atoms with Crippen LogP contribution < -0.4 is 21.3 Å². The molecule has 0 saturated carbocycles. The maximum atomic E-state index is 8.82. The number of aliphatic imine (C=N–C) groups is 2. The summed E-state index contributed by atoms with van der Waals surface area (Å²) in [4.78, 5) is 16.6. The molecule has 2 rings (SSSR count). The molecule has 27 heavy (non-hydrogen) atoms. The smallest absolute Gasteiger partial charge is 0.209 e. The van der Waals surface area contributed by atoms with Crippen LogP contribution in [-0.2, 0) is 0 Å². The third-order valence-electron chi connectivity index (χ3n) is 3.05. The van der Waals surface area contributed by atoms with Gasteiger partial charge in [0.2, 0.25) is 11.9 Å². The van der Waals surface area contributed by atoms with Crippen LogP contribution in [0.2, 0.25) is 0 Å². The second-order valence-corrected chi connectivity index (χ2v) is 5.02. The Balaban J connectivity index is 1.86. The van der Waals surface area contributed by atoms with Crippen LogP contribution in [-0.4, -0.2) is 35.0 Å². The summed E-state index contributed by atoms with van der Waals surface area (Å²) < 4.78 is 0. The molecule has 0 radical (unpaired) electrons. The second kappa shape index (κ2) is 11.4. The molecule has 2 heterocycles. The quantitative estimate of drug-likeness (QED) is 0.197. The van der Waals surface area contributed by atoms with E-state index in [1.54, 1.807) is 36.9 Å². The Labute approximate surface area is 156 Å². The lowest BCUT2D eigenvalue weighted by Gasteiger charge is -2.08. The van der Waals surface area contributed by atoms with Crippen LogP contribution in [0.3, 0.4) is 0 Å².